The maximum Gasteiger partial charge on any atom is 0.0109 e. The van der Waals surface area contributed by atoms with Crippen molar-refractivity contribution in [1.82, 2.24) is 9.80 Å². The van der Waals surface area contributed by atoms with Crippen LogP contribution in [0.4, 0.5) is 0 Å². The first-order valence-electron chi connectivity index (χ1n) is 6.38. The van der Waals surface area contributed by atoms with Gasteiger partial charge in [-0.1, -0.05) is 20.8 Å². The molecule has 1 saturated heterocycles. The molecule has 0 atom stereocenters. The number of nitrogens with zero attached hydrogens (tertiary/aromatic N) is 2. The Hall–Kier alpha value is -0.0800. The third kappa shape index (κ3) is 6.16. The van der Waals surface area contributed by atoms with Gasteiger partial charge in [0.2, 0.25) is 0 Å². The molecule has 1 heterocycles. The maximum atomic E-state index is 2.59. The molecule has 0 radical (unpaired) electrons. The van der Waals surface area contributed by atoms with E-state index in [1.165, 1.54) is 52.0 Å². The van der Waals surface area contributed by atoms with Gasteiger partial charge in [-0.3, -0.25) is 0 Å². The number of likely N-dealkylation sites (tertiary alicyclic amines) is 1. The topological polar surface area (TPSA) is 6.48 Å². The van der Waals surface area contributed by atoms with Crippen molar-refractivity contribution in [3.8, 4) is 0 Å². The lowest BCUT2D eigenvalue weighted by Crippen LogP contribution is -2.33. The Morgan fingerprint density at radius 1 is 1.07 bits per heavy atom. The molecule has 2 heteroatoms. The van der Waals surface area contributed by atoms with E-state index >= 15 is 0 Å². The van der Waals surface area contributed by atoms with Crippen LogP contribution < -0.4 is 0 Å². The first-order chi connectivity index (χ1) is 6.97. The molecule has 0 amide bonds. The highest BCUT2D eigenvalue weighted by atomic mass is 15.2. The monoisotopic (exact) mass is 212 g/mol. The predicted octanol–water partition coefficient (Wildman–Crippen LogP) is 2.45. The number of hydrogen-bond donors (Lipinski definition) is 0. The van der Waals surface area contributed by atoms with Crippen LogP contribution in [0.1, 0.15) is 40.0 Å². The quantitative estimate of drug-likeness (QED) is 0.691. The van der Waals surface area contributed by atoms with Gasteiger partial charge in [0.05, 0.1) is 0 Å². The molecule has 1 aliphatic rings. The van der Waals surface area contributed by atoms with E-state index in [0.717, 1.165) is 0 Å². The van der Waals surface area contributed by atoms with Crippen LogP contribution in [-0.4, -0.2) is 49.6 Å². The molecule has 0 bridgehead atoms. The highest BCUT2D eigenvalue weighted by Gasteiger charge is 2.13. The summed E-state index contributed by atoms with van der Waals surface area (Å²) in [6.07, 6.45) is 4.11. The second kappa shape index (κ2) is 5.86. The van der Waals surface area contributed by atoms with Gasteiger partial charge in [-0.15, -0.1) is 0 Å². The molecule has 90 valence electrons. The number of hydrogen-bond acceptors (Lipinski definition) is 2. The summed E-state index contributed by atoms with van der Waals surface area (Å²) in [5.41, 5.74) is 0.474. The van der Waals surface area contributed by atoms with E-state index < -0.39 is 0 Å². The summed E-state index contributed by atoms with van der Waals surface area (Å²) in [6, 6.07) is 0. The Kier molecular flexibility index (Phi) is 5.07. The second-order valence-electron chi connectivity index (χ2n) is 6.16. The van der Waals surface area contributed by atoms with Crippen molar-refractivity contribution in [3.05, 3.63) is 0 Å². The average molecular weight is 212 g/mol. The minimum Gasteiger partial charge on any atom is -0.305 e. The smallest absolute Gasteiger partial charge is 0.0109 e. The molecular weight excluding hydrogens is 184 g/mol. The molecule has 0 aliphatic carbocycles. The fourth-order valence-corrected chi connectivity index (χ4v) is 1.96. The van der Waals surface area contributed by atoms with Crippen molar-refractivity contribution < 1.29 is 0 Å². The summed E-state index contributed by atoms with van der Waals surface area (Å²) in [5, 5.41) is 0. The van der Waals surface area contributed by atoms with Gasteiger partial charge in [-0.25, -0.2) is 0 Å². The molecule has 0 saturated carbocycles. The Bertz CT molecular complexity index is 166. The van der Waals surface area contributed by atoms with Gasteiger partial charge in [-0.05, 0) is 51.4 Å². The van der Waals surface area contributed by atoms with Crippen molar-refractivity contribution in [2.24, 2.45) is 5.41 Å². The van der Waals surface area contributed by atoms with E-state index in [2.05, 4.69) is 37.6 Å². The van der Waals surface area contributed by atoms with Crippen molar-refractivity contribution in [1.29, 1.82) is 0 Å². The van der Waals surface area contributed by atoms with E-state index in [4.69, 9.17) is 0 Å². The highest BCUT2D eigenvalue weighted by molar-refractivity contribution is 4.69. The van der Waals surface area contributed by atoms with Gasteiger partial charge >= 0.3 is 0 Å². The predicted molar refractivity (Wildman–Crippen MR) is 67.2 cm³/mol. The number of likely N-dealkylation sites (N-methyl/N-ethyl adjacent to an activating group) is 1. The van der Waals surface area contributed by atoms with E-state index in [9.17, 15) is 0 Å². The zero-order valence-corrected chi connectivity index (χ0v) is 11.1. The maximum absolute atomic E-state index is 2.59. The van der Waals surface area contributed by atoms with Crippen LogP contribution in [0.5, 0.6) is 0 Å². The largest absolute Gasteiger partial charge is 0.305 e. The van der Waals surface area contributed by atoms with Gasteiger partial charge < -0.3 is 9.80 Å². The van der Waals surface area contributed by atoms with Gasteiger partial charge in [0.25, 0.3) is 0 Å². The van der Waals surface area contributed by atoms with Crippen LogP contribution in [0.15, 0.2) is 0 Å². The van der Waals surface area contributed by atoms with Gasteiger partial charge in [0, 0.05) is 13.1 Å². The molecule has 0 aromatic heterocycles. The van der Waals surface area contributed by atoms with Crippen molar-refractivity contribution >= 4 is 0 Å². The van der Waals surface area contributed by atoms with Gasteiger partial charge in [-0.2, -0.15) is 0 Å². The third-order valence-electron chi connectivity index (χ3n) is 3.24. The molecule has 1 fully saturated rings. The summed E-state index contributed by atoms with van der Waals surface area (Å²) in [4.78, 5) is 5.07. The summed E-state index contributed by atoms with van der Waals surface area (Å²) >= 11 is 0. The summed E-state index contributed by atoms with van der Waals surface area (Å²) < 4.78 is 0. The van der Waals surface area contributed by atoms with Crippen LogP contribution in [0.25, 0.3) is 0 Å². The summed E-state index contributed by atoms with van der Waals surface area (Å²) in [7, 11) is 2.25. The van der Waals surface area contributed by atoms with Gasteiger partial charge in [0.1, 0.15) is 0 Å². The summed E-state index contributed by atoms with van der Waals surface area (Å²) in [6.45, 7) is 13.3. The summed E-state index contributed by atoms with van der Waals surface area (Å²) in [5.74, 6) is 0. The van der Waals surface area contributed by atoms with Crippen molar-refractivity contribution in [2.75, 3.05) is 39.8 Å². The lowest BCUT2D eigenvalue weighted by Gasteiger charge is -2.25. The molecule has 0 aromatic rings. The molecule has 0 spiro atoms. The molecule has 2 nitrogen and oxygen atoms in total. The van der Waals surface area contributed by atoms with E-state index in [1.54, 1.807) is 0 Å². The molecule has 0 aromatic carbocycles. The van der Waals surface area contributed by atoms with Gasteiger partial charge in [0.15, 0.2) is 0 Å². The minimum absolute atomic E-state index is 0.474. The lowest BCUT2D eigenvalue weighted by atomic mass is 9.92. The third-order valence-corrected chi connectivity index (χ3v) is 3.24. The normalized spacial score (nSPS) is 19.0. The van der Waals surface area contributed by atoms with Crippen LogP contribution in [-0.2, 0) is 0 Å². The fourth-order valence-electron chi connectivity index (χ4n) is 1.96. The van der Waals surface area contributed by atoms with Crippen LogP contribution in [0.2, 0.25) is 0 Å². The lowest BCUT2D eigenvalue weighted by molar-refractivity contribution is 0.228. The van der Waals surface area contributed by atoms with Crippen molar-refractivity contribution in [2.45, 2.75) is 40.0 Å². The van der Waals surface area contributed by atoms with Crippen LogP contribution in [0, 0.1) is 5.41 Å². The number of rotatable bonds is 5. The molecule has 0 unspecified atom stereocenters. The Morgan fingerprint density at radius 3 is 2.20 bits per heavy atom. The molecular formula is C13H28N2. The minimum atomic E-state index is 0.474. The Balaban J connectivity index is 2.05. The van der Waals surface area contributed by atoms with Crippen molar-refractivity contribution in [3.63, 3.8) is 0 Å². The van der Waals surface area contributed by atoms with E-state index in [0.29, 0.717) is 5.41 Å². The van der Waals surface area contributed by atoms with E-state index in [-0.39, 0.29) is 0 Å². The first-order valence-corrected chi connectivity index (χ1v) is 6.38. The molecule has 15 heavy (non-hydrogen) atoms. The van der Waals surface area contributed by atoms with E-state index in [1.807, 2.05) is 0 Å². The molecule has 0 N–H and O–H groups in total. The first kappa shape index (κ1) is 13.0. The second-order valence-corrected chi connectivity index (χ2v) is 6.16. The highest BCUT2D eigenvalue weighted by Crippen LogP contribution is 2.18. The fraction of sp³-hybridized carbons (Fsp3) is 1.00. The zero-order valence-electron chi connectivity index (χ0n) is 11.1. The Labute approximate surface area is 95.6 Å². The molecule has 1 rings (SSSR count). The standard InChI is InChI=1S/C13H28N2/c1-13(2,3)7-10-14(4)11-12-15-8-5-6-9-15/h5-12H2,1-4H3. The zero-order chi connectivity index (χ0) is 11.3. The molecule has 1 aliphatic heterocycles. The average Bonchev–Trinajstić information content (AvgIpc) is 2.62. The Morgan fingerprint density at radius 2 is 1.67 bits per heavy atom. The SMILES string of the molecule is CN(CCN1CCCC1)CCC(C)(C)C. The van der Waals surface area contributed by atoms with Crippen LogP contribution in [0.3, 0.4) is 0 Å². The van der Waals surface area contributed by atoms with Crippen LogP contribution >= 0.6 is 0 Å².